The number of carbonyl (C=O) groups excluding carboxylic acids is 1. The van der Waals surface area contributed by atoms with Crippen LogP contribution in [-0.2, 0) is 14.3 Å². The van der Waals surface area contributed by atoms with Gasteiger partial charge in [-0.2, -0.15) is 0 Å². The predicted molar refractivity (Wildman–Crippen MR) is 55.4 cm³/mol. The third-order valence-corrected chi connectivity index (χ3v) is 3.53. The summed E-state index contributed by atoms with van der Waals surface area (Å²) in [7, 11) is 0. The van der Waals surface area contributed by atoms with E-state index in [2.05, 4.69) is 12.2 Å². The summed E-state index contributed by atoms with van der Waals surface area (Å²) in [6.07, 6.45) is 0.199. The van der Waals surface area contributed by atoms with Gasteiger partial charge in [-0.05, 0) is 19.8 Å². The molecule has 0 spiro atoms. The summed E-state index contributed by atoms with van der Waals surface area (Å²) in [5, 5.41) is 3.00. The Labute approximate surface area is 90.3 Å². The molecule has 15 heavy (non-hydrogen) atoms. The molecule has 0 aliphatic carbocycles. The van der Waals surface area contributed by atoms with E-state index in [1.807, 2.05) is 13.8 Å². The van der Waals surface area contributed by atoms with Crippen LogP contribution in [0.25, 0.3) is 0 Å². The molecule has 2 aliphatic heterocycles. The quantitative estimate of drug-likeness (QED) is 0.729. The first-order chi connectivity index (χ1) is 7.09. The van der Waals surface area contributed by atoms with Crippen LogP contribution in [-0.4, -0.2) is 37.4 Å². The second-order valence-electron chi connectivity index (χ2n) is 4.67. The highest BCUT2D eigenvalue weighted by molar-refractivity contribution is 5.80. The molecule has 2 aliphatic rings. The zero-order valence-electron chi connectivity index (χ0n) is 9.53. The summed E-state index contributed by atoms with van der Waals surface area (Å²) in [4.78, 5) is 12.0. The van der Waals surface area contributed by atoms with Gasteiger partial charge in [0.25, 0.3) is 0 Å². The van der Waals surface area contributed by atoms with E-state index in [1.165, 1.54) is 0 Å². The molecule has 2 rings (SSSR count). The van der Waals surface area contributed by atoms with E-state index in [-0.39, 0.29) is 30.1 Å². The fraction of sp³-hybridized carbons (Fsp3) is 0.909. The smallest absolute Gasteiger partial charge is 0.226 e. The lowest BCUT2D eigenvalue weighted by molar-refractivity contribution is -0.131. The summed E-state index contributed by atoms with van der Waals surface area (Å²) >= 11 is 0. The molecule has 2 saturated heterocycles. The Bertz CT molecular complexity index is 252. The molecule has 0 bridgehead atoms. The second-order valence-corrected chi connectivity index (χ2v) is 4.67. The first-order valence-corrected chi connectivity index (χ1v) is 5.63. The van der Waals surface area contributed by atoms with Gasteiger partial charge in [-0.25, -0.2) is 0 Å². The molecule has 0 aromatic rings. The van der Waals surface area contributed by atoms with Crippen LogP contribution in [0.5, 0.6) is 0 Å². The molecule has 2 fully saturated rings. The van der Waals surface area contributed by atoms with Gasteiger partial charge in [-0.15, -0.1) is 0 Å². The number of rotatable bonds is 2. The van der Waals surface area contributed by atoms with Crippen LogP contribution in [0.1, 0.15) is 20.8 Å². The molecule has 4 nitrogen and oxygen atoms in total. The number of ether oxygens (including phenoxy) is 2. The van der Waals surface area contributed by atoms with E-state index in [0.717, 1.165) is 0 Å². The van der Waals surface area contributed by atoms with Crippen molar-refractivity contribution >= 4 is 5.91 Å². The van der Waals surface area contributed by atoms with E-state index >= 15 is 0 Å². The molecule has 1 amide bonds. The highest BCUT2D eigenvalue weighted by atomic mass is 16.5. The Kier molecular flexibility index (Phi) is 2.98. The zero-order valence-corrected chi connectivity index (χ0v) is 9.53. The van der Waals surface area contributed by atoms with Crippen molar-refractivity contribution in [2.75, 3.05) is 13.2 Å². The van der Waals surface area contributed by atoms with Crippen LogP contribution in [0.3, 0.4) is 0 Å². The normalized spacial score (nSPS) is 41.3. The average Bonchev–Trinajstić information content (AvgIpc) is 2.34. The van der Waals surface area contributed by atoms with E-state index in [9.17, 15) is 4.79 Å². The van der Waals surface area contributed by atoms with Crippen molar-refractivity contribution in [1.29, 1.82) is 0 Å². The third-order valence-electron chi connectivity index (χ3n) is 3.53. The molecule has 86 valence electrons. The van der Waals surface area contributed by atoms with Gasteiger partial charge >= 0.3 is 0 Å². The van der Waals surface area contributed by atoms with E-state index in [0.29, 0.717) is 19.1 Å². The van der Waals surface area contributed by atoms with Gasteiger partial charge in [0.1, 0.15) is 0 Å². The van der Waals surface area contributed by atoms with Crippen molar-refractivity contribution in [3.05, 3.63) is 0 Å². The van der Waals surface area contributed by atoms with Gasteiger partial charge in [-0.3, -0.25) is 4.79 Å². The highest BCUT2D eigenvalue weighted by Crippen LogP contribution is 2.32. The SMILES string of the molecule is CC1OC(C)C(C(=O)NC2COC2)C1C. The maximum Gasteiger partial charge on any atom is 0.226 e. The number of hydrogen-bond acceptors (Lipinski definition) is 3. The minimum absolute atomic E-state index is 0.0133. The van der Waals surface area contributed by atoms with Crippen LogP contribution >= 0.6 is 0 Å². The van der Waals surface area contributed by atoms with E-state index in [1.54, 1.807) is 0 Å². The molecular formula is C11H19NO3. The molecule has 0 saturated carbocycles. The van der Waals surface area contributed by atoms with Gasteiger partial charge in [-0.1, -0.05) is 6.92 Å². The number of carbonyl (C=O) groups is 1. The molecule has 4 heteroatoms. The van der Waals surface area contributed by atoms with Gasteiger partial charge in [0, 0.05) is 0 Å². The van der Waals surface area contributed by atoms with Crippen molar-refractivity contribution in [2.24, 2.45) is 11.8 Å². The van der Waals surface area contributed by atoms with Crippen molar-refractivity contribution in [3.63, 3.8) is 0 Å². The van der Waals surface area contributed by atoms with Crippen LogP contribution < -0.4 is 5.32 Å². The largest absolute Gasteiger partial charge is 0.377 e. The Morgan fingerprint density at radius 1 is 1.20 bits per heavy atom. The second kappa shape index (κ2) is 4.10. The fourth-order valence-corrected chi connectivity index (χ4v) is 2.34. The molecule has 0 radical (unpaired) electrons. The standard InChI is InChI=1S/C11H19NO3/c1-6-7(2)15-8(3)10(6)11(13)12-9-4-14-5-9/h6-10H,4-5H2,1-3H3,(H,12,13). The monoisotopic (exact) mass is 213 g/mol. The lowest BCUT2D eigenvalue weighted by Gasteiger charge is -2.29. The number of hydrogen-bond donors (Lipinski definition) is 1. The number of nitrogens with one attached hydrogen (secondary N) is 1. The fourth-order valence-electron chi connectivity index (χ4n) is 2.34. The van der Waals surface area contributed by atoms with Gasteiger partial charge in [0.15, 0.2) is 0 Å². The molecule has 2 heterocycles. The maximum atomic E-state index is 12.0. The Morgan fingerprint density at radius 2 is 1.87 bits per heavy atom. The molecule has 0 aromatic heterocycles. The summed E-state index contributed by atoms with van der Waals surface area (Å²) in [5.41, 5.74) is 0. The Morgan fingerprint density at radius 3 is 2.27 bits per heavy atom. The van der Waals surface area contributed by atoms with Gasteiger partial charge < -0.3 is 14.8 Å². The molecular weight excluding hydrogens is 194 g/mol. The molecule has 4 unspecified atom stereocenters. The minimum atomic E-state index is -0.0133. The lowest BCUT2D eigenvalue weighted by Crippen LogP contribution is -2.51. The summed E-state index contributed by atoms with van der Waals surface area (Å²) < 4.78 is 10.7. The third kappa shape index (κ3) is 2.01. The summed E-state index contributed by atoms with van der Waals surface area (Å²) in [6, 6.07) is 0.216. The van der Waals surface area contributed by atoms with Gasteiger partial charge in [0.2, 0.25) is 5.91 Å². The van der Waals surface area contributed by atoms with Crippen LogP contribution in [0, 0.1) is 11.8 Å². The first kappa shape index (κ1) is 10.9. The summed E-state index contributed by atoms with van der Waals surface area (Å²) in [6.45, 7) is 7.38. The topological polar surface area (TPSA) is 47.6 Å². The van der Waals surface area contributed by atoms with Crippen molar-refractivity contribution in [1.82, 2.24) is 5.32 Å². The van der Waals surface area contributed by atoms with Crippen molar-refractivity contribution in [2.45, 2.75) is 39.0 Å². The van der Waals surface area contributed by atoms with E-state index in [4.69, 9.17) is 9.47 Å². The van der Waals surface area contributed by atoms with Crippen molar-refractivity contribution < 1.29 is 14.3 Å². The maximum absolute atomic E-state index is 12.0. The van der Waals surface area contributed by atoms with Crippen molar-refractivity contribution in [3.8, 4) is 0 Å². The van der Waals surface area contributed by atoms with Crippen LogP contribution in [0.15, 0.2) is 0 Å². The molecule has 0 aromatic carbocycles. The molecule has 4 atom stereocenters. The highest BCUT2D eigenvalue weighted by Gasteiger charge is 2.42. The van der Waals surface area contributed by atoms with E-state index < -0.39 is 0 Å². The first-order valence-electron chi connectivity index (χ1n) is 5.63. The predicted octanol–water partition coefficient (Wildman–Crippen LogP) is 0.561. The minimum Gasteiger partial charge on any atom is -0.377 e. The van der Waals surface area contributed by atoms with Gasteiger partial charge in [0.05, 0.1) is 37.4 Å². The number of amides is 1. The van der Waals surface area contributed by atoms with Crippen LogP contribution in [0.2, 0.25) is 0 Å². The lowest BCUT2D eigenvalue weighted by atomic mass is 9.88. The average molecular weight is 213 g/mol. The molecule has 1 N–H and O–H groups in total. The van der Waals surface area contributed by atoms with Crippen LogP contribution in [0.4, 0.5) is 0 Å². The summed E-state index contributed by atoms with van der Waals surface area (Å²) in [5.74, 6) is 0.397. The zero-order chi connectivity index (χ0) is 11.0. The Balaban J connectivity index is 1.93. The Hall–Kier alpha value is -0.610.